The van der Waals surface area contributed by atoms with Gasteiger partial charge in [0.25, 0.3) is 0 Å². The summed E-state index contributed by atoms with van der Waals surface area (Å²) in [5.74, 6) is 0.995. The third-order valence-corrected chi connectivity index (χ3v) is 2.87. The summed E-state index contributed by atoms with van der Waals surface area (Å²) in [6.45, 7) is 2.03. The first-order valence-electron chi connectivity index (χ1n) is 5.68. The summed E-state index contributed by atoms with van der Waals surface area (Å²) in [5, 5.41) is 1.15. The molecule has 0 aliphatic carbocycles. The molecule has 0 spiro atoms. The van der Waals surface area contributed by atoms with Crippen LogP contribution in [0.2, 0.25) is 0 Å². The summed E-state index contributed by atoms with van der Waals surface area (Å²) < 4.78 is 2.11. The molecule has 17 heavy (non-hydrogen) atoms. The maximum absolute atomic E-state index is 4.61. The quantitative estimate of drug-likeness (QED) is 0.577. The van der Waals surface area contributed by atoms with Crippen LogP contribution < -0.4 is 4.57 Å². The van der Waals surface area contributed by atoms with Crippen molar-refractivity contribution in [1.29, 1.82) is 0 Å². The molecule has 0 amide bonds. The fourth-order valence-corrected chi connectivity index (χ4v) is 2.01. The normalized spacial score (nSPS) is 10.6. The molecule has 1 aromatic heterocycles. The van der Waals surface area contributed by atoms with Gasteiger partial charge in [0.2, 0.25) is 0 Å². The van der Waals surface area contributed by atoms with Gasteiger partial charge in [-0.3, -0.25) is 0 Å². The van der Waals surface area contributed by atoms with Gasteiger partial charge in [-0.05, 0) is 29.2 Å². The maximum Gasteiger partial charge on any atom is 0.301 e. The summed E-state index contributed by atoms with van der Waals surface area (Å²) in [6.07, 6.45) is 2.13. The Bertz CT molecular complexity index is 660. The third kappa shape index (κ3) is 1.78. The molecule has 3 rings (SSSR count). The SMILES string of the molecule is Cc1nc2ccccc2c[n+]1-c1ccccc1. The van der Waals surface area contributed by atoms with Gasteiger partial charge >= 0.3 is 5.82 Å². The number of nitrogens with zero attached hydrogens (tertiary/aromatic N) is 2. The highest BCUT2D eigenvalue weighted by Crippen LogP contribution is 2.10. The van der Waals surface area contributed by atoms with E-state index in [1.54, 1.807) is 0 Å². The molecule has 0 bridgehead atoms. The Hall–Kier alpha value is -2.22. The van der Waals surface area contributed by atoms with Crippen LogP contribution in [0.3, 0.4) is 0 Å². The highest BCUT2D eigenvalue weighted by molar-refractivity contribution is 5.76. The van der Waals surface area contributed by atoms with Gasteiger partial charge in [0.1, 0.15) is 11.9 Å². The summed E-state index contributed by atoms with van der Waals surface area (Å²) >= 11 is 0. The topological polar surface area (TPSA) is 16.8 Å². The Morgan fingerprint density at radius 1 is 0.882 bits per heavy atom. The smallest absolute Gasteiger partial charge is 0.200 e. The fraction of sp³-hybridized carbons (Fsp3) is 0.0667. The van der Waals surface area contributed by atoms with Crippen LogP contribution in [0.1, 0.15) is 5.82 Å². The highest BCUT2D eigenvalue weighted by atomic mass is 15.0. The van der Waals surface area contributed by atoms with Crippen molar-refractivity contribution >= 4 is 10.9 Å². The van der Waals surface area contributed by atoms with Gasteiger partial charge in [-0.1, -0.05) is 30.3 Å². The van der Waals surface area contributed by atoms with Gasteiger partial charge in [-0.25, -0.2) is 0 Å². The molecule has 0 fully saturated rings. The van der Waals surface area contributed by atoms with Crippen molar-refractivity contribution in [1.82, 2.24) is 4.98 Å². The molecule has 0 saturated carbocycles. The molecule has 0 unspecified atom stereocenters. The molecule has 3 aromatic rings. The van der Waals surface area contributed by atoms with Gasteiger partial charge < -0.3 is 0 Å². The Morgan fingerprint density at radius 2 is 1.59 bits per heavy atom. The van der Waals surface area contributed by atoms with E-state index in [-0.39, 0.29) is 0 Å². The lowest BCUT2D eigenvalue weighted by Crippen LogP contribution is -2.34. The van der Waals surface area contributed by atoms with Crippen LogP contribution in [0.4, 0.5) is 0 Å². The van der Waals surface area contributed by atoms with E-state index >= 15 is 0 Å². The zero-order valence-electron chi connectivity index (χ0n) is 9.67. The number of benzene rings is 2. The molecule has 0 N–H and O–H groups in total. The van der Waals surface area contributed by atoms with Crippen LogP contribution in [0, 0.1) is 6.92 Å². The van der Waals surface area contributed by atoms with Crippen LogP contribution in [0.5, 0.6) is 0 Å². The van der Waals surface area contributed by atoms with Gasteiger partial charge in [0.05, 0.1) is 5.39 Å². The van der Waals surface area contributed by atoms with E-state index in [9.17, 15) is 0 Å². The fourth-order valence-electron chi connectivity index (χ4n) is 2.01. The average molecular weight is 221 g/mol. The molecule has 0 saturated heterocycles. The van der Waals surface area contributed by atoms with Gasteiger partial charge in [-0.2, -0.15) is 4.57 Å². The predicted octanol–water partition coefficient (Wildman–Crippen LogP) is 2.82. The second kappa shape index (κ2) is 3.98. The summed E-state index contributed by atoms with van der Waals surface area (Å²) in [4.78, 5) is 4.61. The first-order valence-corrected chi connectivity index (χ1v) is 5.68. The lowest BCUT2D eigenvalue weighted by Gasteiger charge is -2.02. The molecule has 2 heteroatoms. The molecule has 2 nitrogen and oxygen atoms in total. The number of fused-ring (bicyclic) bond motifs is 1. The van der Waals surface area contributed by atoms with Gasteiger partial charge in [0, 0.05) is 6.92 Å². The van der Waals surface area contributed by atoms with Crippen molar-refractivity contribution in [3.8, 4) is 5.69 Å². The molecule has 0 aliphatic heterocycles. The van der Waals surface area contributed by atoms with E-state index in [2.05, 4.69) is 33.9 Å². The van der Waals surface area contributed by atoms with Gasteiger partial charge in [0.15, 0.2) is 5.52 Å². The number of hydrogen-bond acceptors (Lipinski definition) is 1. The Kier molecular flexibility index (Phi) is 2.33. The Morgan fingerprint density at radius 3 is 2.41 bits per heavy atom. The van der Waals surface area contributed by atoms with Crippen molar-refractivity contribution in [3.05, 3.63) is 66.6 Å². The van der Waals surface area contributed by atoms with Gasteiger partial charge in [-0.15, -0.1) is 0 Å². The molecule has 0 atom stereocenters. The maximum atomic E-state index is 4.61. The second-order valence-electron chi connectivity index (χ2n) is 4.05. The molecular formula is C15H13N2+. The van der Waals surface area contributed by atoms with Crippen molar-refractivity contribution in [2.24, 2.45) is 0 Å². The Balaban J connectivity index is 2.27. The van der Waals surface area contributed by atoms with Crippen LogP contribution in [0.15, 0.2) is 60.8 Å². The minimum Gasteiger partial charge on any atom is -0.200 e. The van der Waals surface area contributed by atoms with E-state index in [1.807, 2.05) is 43.3 Å². The Labute approximate surface area is 100 Å². The largest absolute Gasteiger partial charge is 0.301 e. The van der Waals surface area contributed by atoms with E-state index in [1.165, 1.54) is 0 Å². The molecule has 1 heterocycles. The van der Waals surface area contributed by atoms with E-state index in [0.29, 0.717) is 0 Å². The number of rotatable bonds is 1. The monoisotopic (exact) mass is 221 g/mol. The minimum atomic E-state index is 0.995. The number of para-hydroxylation sites is 2. The molecule has 0 radical (unpaired) electrons. The van der Waals surface area contributed by atoms with E-state index in [0.717, 1.165) is 22.4 Å². The summed E-state index contributed by atoms with van der Waals surface area (Å²) in [7, 11) is 0. The predicted molar refractivity (Wildman–Crippen MR) is 68.0 cm³/mol. The molecular weight excluding hydrogens is 208 g/mol. The van der Waals surface area contributed by atoms with Crippen LogP contribution in [0.25, 0.3) is 16.6 Å². The third-order valence-electron chi connectivity index (χ3n) is 2.87. The number of aryl methyl sites for hydroxylation is 1. The molecule has 2 aromatic carbocycles. The van der Waals surface area contributed by atoms with Crippen LogP contribution in [-0.4, -0.2) is 4.98 Å². The van der Waals surface area contributed by atoms with E-state index < -0.39 is 0 Å². The number of hydrogen-bond donors (Lipinski definition) is 0. The lowest BCUT2D eigenvalue weighted by molar-refractivity contribution is -0.604. The standard InChI is InChI=1S/C15H13N2/c1-12-16-15-10-6-5-7-13(15)11-17(12)14-8-3-2-4-9-14/h2-11H,1H3/q+1. The first-order chi connectivity index (χ1) is 8.34. The van der Waals surface area contributed by atoms with Crippen molar-refractivity contribution in [3.63, 3.8) is 0 Å². The van der Waals surface area contributed by atoms with Crippen LogP contribution >= 0.6 is 0 Å². The first kappa shape index (κ1) is 9.97. The van der Waals surface area contributed by atoms with Crippen LogP contribution in [-0.2, 0) is 0 Å². The minimum absolute atomic E-state index is 0.995. The molecule has 82 valence electrons. The van der Waals surface area contributed by atoms with Crippen molar-refractivity contribution < 1.29 is 4.57 Å². The zero-order valence-corrected chi connectivity index (χ0v) is 9.67. The van der Waals surface area contributed by atoms with E-state index in [4.69, 9.17) is 0 Å². The number of aromatic nitrogens is 2. The average Bonchev–Trinajstić information content (AvgIpc) is 2.39. The lowest BCUT2D eigenvalue weighted by atomic mass is 10.2. The van der Waals surface area contributed by atoms with Crippen molar-refractivity contribution in [2.75, 3.05) is 0 Å². The zero-order chi connectivity index (χ0) is 11.7. The summed E-state index contributed by atoms with van der Waals surface area (Å²) in [5.41, 5.74) is 2.18. The highest BCUT2D eigenvalue weighted by Gasteiger charge is 2.11. The second-order valence-corrected chi connectivity index (χ2v) is 4.05. The summed E-state index contributed by atoms with van der Waals surface area (Å²) in [6, 6.07) is 18.4. The van der Waals surface area contributed by atoms with Crippen molar-refractivity contribution in [2.45, 2.75) is 6.92 Å². The molecule has 0 aliphatic rings.